The van der Waals surface area contributed by atoms with Gasteiger partial charge in [-0.25, -0.2) is 13.7 Å². The number of hydrogen-bond donors (Lipinski definition) is 8. The topological polar surface area (TPSA) is 258 Å². The molecule has 0 aliphatic carbocycles. The quantitative estimate of drug-likeness (QED) is 0.155. The minimum absolute atomic E-state index is 1.03. The second-order valence-electron chi connectivity index (χ2n) is 4.02. The van der Waals surface area contributed by atoms with E-state index in [4.69, 9.17) is 29.8 Å². The Morgan fingerprint density at radius 1 is 0.917 bits per heavy atom. The molecule has 15 nitrogen and oxygen atoms in total. The molecule has 0 rings (SSSR count). The number of rotatable bonds is 11. The Labute approximate surface area is 133 Å². The van der Waals surface area contributed by atoms with Crippen molar-refractivity contribution in [1.29, 1.82) is 0 Å². The first-order valence-electron chi connectivity index (χ1n) is 5.56. The predicted octanol–water partition coefficient (Wildman–Crippen LogP) is -3.03. The summed E-state index contributed by atoms with van der Waals surface area (Å²) >= 11 is 0. The highest BCUT2D eigenvalue weighted by Crippen LogP contribution is 2.66. The number of carbonyl (C=O) groups excluding carboxylic acids is 1. The molecule has 0 aliphatic rings. The first kappa shape index (κ1) is 23.9. The van der Waals surface area contributed by atoms with Gasteiger partial charge >= 0.3 is 23.5 Å². The first-order valence-corrected chi connectivity index (χ1v) is 10.1. The molecule has 0 aromatic carbocycles. The van der Waals surface area contributed by atoms with Gasteiger partial charge in [-0.15, -0.1) is 0 Å². The lowest BCUT2D eigenvalue weighted by Gasteiger charge is -2.21. The molecule has 0 spiro atoms. The van der Waals surface area contributed by atoms with Crippen LogP contribution in [0.1, 0.15) is 0 Å². The SMILES string of the molecule is O=C(COP(=O)(O)OP(=O)(O)OP(=O)(O)O)[C@@H](O)[C@H](O)[C@H](O)CO. The Kier molecular flexibility index (Phi) is 9.00. The zero-order valence-electron chi connectivity index (χ0n) is 11.4. The third-order valence-electron chi connectivity index (χ3n) is 2.02. The fraction of sp³-hybridized carbons (Fsp3) is 0.833. The molecule has 0 fully saturated rings. The van der Waals surface area contributed by atoms with Gasteiger partial charge in [-0.05, 0) is 0 Å². The van der Waals surface area contributed by atoms with E-state index in [1.165, 1.54) is 0 Å². The van der Waals surface area contributed by atoms with Crippen molar-refractivity contribution in [3.8, 4) is 0 Å². The molecule has 0 aromatic heterocycles. The fourth-order valence-electron chi connectivity index (χ4n) is 1.04. The first-order chi connectivity index (χ1) is 10.6. The van der Waals surface area contributed by atoms with Gasteiger partial charge in [-0.2, -0.15) is 8.62 Å². The summed E-state index contributed by atoms with van der Waals surface area (Å²) in [7, 11) is -16.9. The van der Waals surface area contributed by atoms with Gasteiger partial charge in [0.05, 0.1) is 6.61 Å². The minimum atomic E-state index is -5.76. The highest BCUT2D eigenvalue weighted by molar-refractivity contribution is 7.66. The molecular weight excluding hydrogens is 405 g/mol. The van der Waals surface area contributed by atoms with E-state index in [0.29, 0.717) is 0 Å². The van der Waals surface area contributed by atoms with Gasteiger partial charge in [0, 0.05) is 0 Å². The molecule has 0 radical (unpaired) electrons. The normalized spacial score (nSPS) is 21.3. The summed E-state index contributed by atoms with van der Waals surface area (Å²) in [6.07, 6.45) is -6.46. The molecule has 144 valence electrons. The lowest BCUT2D eigenvalue weighted by molar-refractivity contribution is -0.142. The third kappa shape index (κ3) is 9.42. The number of phosphoric ester groups is 1. The summed E-state index contributed by atoms with van der Waals surface area (Å²) in [5, 5.41) is 36.0. The summed E-state index contributed by atoms with van der Waals surface area (Å²) < 4.78 is 43.2. The van der Waals surface area contributed by atoms with Crippen LogP contribution < -0.4 is 0 Å². The van der Waals surface area contributed by atoms with Crippen LogP contribution in [0.5, 0.6) is 0 Å². The van der Waals surface area contributed by atoms with Crippen molar-refractivity contribution in [2.75, 3.05) is 13.2 Å². The van der Waals surface area contributed by atoms with E-state index in [9.17, 15) is 28.7 Å². The van der Waals surface area contributed by atoms with Crippen molar-refractivity contribution in [3.63, 3.8) is 0 Å². The van der Waals surface area contributed by atoms with Crippen LogP contribution in [-0.4, -0.2) is 77.3 Å². The van der Waals surface area contributed by atoms with E-state index in [1.807, 2.05) is 0 Å². The molecule has 0 heterocycles. The summed E-state index contributed by atoms with van der Waals surface area (Å²) in [5.41, 5.74) is 0. The lowest BCUT2D eigenvalue weighted by atomic mass is 10.1. The van der Waals surface area contributed by atoms with Crippen molar-refractivity contribution in [2.24, 2.45) is 0 Å². The number of aliphatic hydroxyl groups excluding tert-OH is 4. The third-order valence-corrected chi connectivity index (χ3v) is 5.80. The van der Waals surface area contributed by atoms with Crippen LogP contribution in [0.25, 0.3) is 0 Å². The molecule has 8 N–H and O–H groups in total. The second-order valence-corrected chi connectivity index (χ2v) is 8.44. The number of hydrogen-bond acceptors (Lipinski definition) is 11. The Bertz CT molecular complexity index is 568. The lowest BCUT2D eigenvalue weighted by Crippen LogP contribution is -2.45. The monoisotopic (exact) mass is 420 g/mol. The molecule has 5 atom stereocenters. The van der Waals surface area contributed by atoms with Crippen molar-refractivity contribution in [3.05, 3.63) is 0 Å². The highest BCUT2D eigenvalue weighted by Gasteiger charge is 2.41. The van der Waals surface area contributed by atoms with Crippen molar-refractivity contribution >= 4 is 29.3 Å². The summed E-state index contributed by atoms with van der Waals surface area (Å²) in [6.45, 7) is -2.51. The van der Waals surface area contributed by atoms with Gasteiger partial charge < -0.3 is 40.0 Å². The summed E-state index contributed by atoms with van der Waals surface area (Å²) in [5.74, 6) is -1.50. The van der Waals surface area contributed by atoms with E-state index in [2.05, 4.69) is 13.1 Å². The second kappa shape index (κ2) is 9.03. The maximum atomic E-state index is 11.3. The molecule has 0 aliphatic heterocycles. The van der Waals surface area contributed by atoms with Gasteiger partial charge in [0.25, 0.3) is 0 Å². The Morgan fingerprint density at radius 2 is 1.42 bits per heavy atom. The average Bonchev–Trinajstić information content (AvgIpc) is 2.38. The summed E-state index contributed by atoms with van der Waals surface area (Å²) in [4.78, 5) is 45.8. The van der Waals surface area contributed by atoms with Crippen LogP contribution in [0, 0.1) is 0 Å². The van der Waals surface area contributed by atoms with E-state index < -0.39 is 60.8 Å². The van der Waals surface area contributed by atoms with Gasteiger partial charge in [-0.3, -0.25) is 9.32 Å². The average molecular weight is 420 g/mol. The van der Waals surface area contributed by atoms with E-state index in [0.717, 1.165) is 0 Å². The van der Waals surface area contributed by atoms with Crippen molar-refractivity contribution in [1.82, 2.24) is 0 Å². The molecule has 0 bridgehead atoms. The zero-order chi connectivity index (χ0) is 19.3. The smallest absolute Gasteiger partial charge is 0.394 e. The van der Waals surface area contributed by atoms with E-state index in [-0.39, 0.29) is 0 Å². The molecule has 0 saturated carbocycles. The maximum absolute atomic E-state index is 11.3. The van der Waals surface area contributed by atoms with E-state index in [1.54, 1.807) is 0 Å². The van der Waals surface area contributed by atoms with Crippen LogP contribution in [0.2, 0.25) is 0 Å². The van der Waals surface area contributed by atoms with Gasteiger partial charge in [-0.1, -0.05) is 0 Å². The largest absolute Gasteiger partial charge is 0.490 e. The van der Waals surface area contributed by atoms with Crippen LogP contribution in [0.4, 0.5) is 0 Å². The zero-order valence-corrected chi connectivity index (χ0v) is 14.1. The fourth-order valence-corrected chi connectivity index (χ4v) is 4.03. The van der Waals surface area contributed by atoms with E-state index >= 15 is 0 Å². The minimum Gasteiger partial charge on any atom is -0.394 e. The molecule has 2 unspecified atom stereocenters. The molecule has 0 amide bonds. The number of ketones is 1. The van der Waals surface area contributed by atoms with Gasteiger partial charge in [0.2, 0.25) is 0 Å². The van der Waals surface area contributed by atoms with Crippen molar-refractivity contribution in [2.45, 2.75) is 18.3 Å². The maximum Gasteiger partial charge on any atom is 0.490 e. The van der Waals surface area contributed by atoms with Gasteiger partial charge in [0.1, 0.15) is 24.9 Å². The van der Waals surface area contributed by atoms with Crippen molar-refractivity contribution < 1.29 is 71.6 Å². The standard InChI is InChI=1S/C6H15O15P3/c7-1-3(8)5(10)6(11)4(9)2-19-23(15,16)21-24(17,18)20-22(12,13)14/h3,5-8,10-11H,1-2H2,(H,15,16)(H,17,18)(H2,12,13,14)/t3-,5-,6-/m1/s1. The molecular formula is C6H15O15P3. The summed E-state index contributed by atoms with van der Waals surface area (Å²) in [6, 6.07) is 0. The Balaban J connectivity index is 4.73. The number of Topliss-reactive ketones (excluding diaryl/α,β-unsaturated/α-hetero) is 1. The Hall–Kier alpha value is -0.0800. The highest BCUT2D eigenvalue weighted by atomic mass is 31.3. The predicted molar refractivity (Wildman–Crippen MR) is 69.9 cm³/mol. The number of aliphatic hydroxyl groups is 4. The van der Waals surface area contributed by atoms with Gasteiger partial charge in [0.15, 0.2) is 5.78 Å². The molecule has 18 heteroatoms. The number of carbonyl (C=O) groups is 1. The molecule has 0 saturated heterocycles. The number of phosphoric acid groups is 3. The van der Waals surface area contributed by atoms with Crippen LogP contribution in [0.3, 0.4) is 0 Å². The van der Waals surface area contributed by atoms with Crippen LogP contribution >= 0.6 is 23.5 Å². The van der Waals surface area contributed by atoms with Crippen LogP contribution in [-0.2, 0) is 31.6 Å². The molecule has 24 heavy (non-hydrogen) atoms. The van der Waals surface area contributed by atoms with Crippen LogP contribution in [0.15, 0.2) is 0 Å². The Morgan fingerprint density at radius 3 is 1.83 bits per heavy atom. The molecule has 0 aromatic rings.